The van der Waals surface area contributed by atoms with Crippen molar-refractivity contribution in [2.75, 3.05) is 0 Å². The quantitative estimate of drug-likeness (QED) is 0.362. The molecule has 0 saturated heterocycles. The van der Waals surface area contributed by atoms with Crippen LogP contribution in [0.25, 0.3) is 22.6 Å². The SMILES string of the molecule is Cc1nnc(/C(=C\c2ccncc2)c2ccc(OCc3ccc4ccccc4n3)cc2)o1. The largest absolute Gasteiger partial charge is 0.487 e. The van der Waals surface area contributed by atoms with Crippen LogP contribution in [0.5, 0.6) is 5.75 Å². The maximum absolute atomic E-state index is 5.96. The normalized spacial score (nSPS) is 11.6. The summed E-state index contributed by atoms with van der Waals surface area (Å²) in [5.74, 6) is 1.74. The number of pyridine rings is 2. The predicted molar refractivity (Wildman–Crippen MR) is 123 cm³/mol. The maximum atomic E-state index is 5.96. The van der Waals surface area contributed by atoms with Crippen LogP contribution >= 0.6 is 0 Å². The monoisotopic (exact) mass is 420 g/mol. The van der Waals surface area contributed by atoms with Crippen molar-refractivity contribution in [2.45, 2.75) is 13.5 Å². The molecule has 0 unspecified atom stereocenters. The van der Waals surface area contributed by atoms with Gasteiger partial charge in [-0.1, -0.05) is 36.4 Å². The minimum Gasteiger partial charge on any atom is -0.487 e. The number of benzene rings is 2. The Balaban J connectivity index is 1.37. The summed E-state index contributed by atoms with van der Waals surface area (Å²) in [5.41, 5.74) is 4.62. The summed E-state index contributed by atoms with van der Waals surface area (Å²) < 4.78 is 11.7. The van der Waals surface area contributed by atoms with Crippen molar-refractivity contribution in [1.29, 1.82) is 0 Å². The molecular weight excluding hydrogens is 400 g/mol. The highest BCUT2D eigenvalue weighted by Crippen LogP contribution is 2.27. The standard InChI is InChI=1S/C26H20N4O2/c1-18-29-30-26(32-18)24(16-19-12-14-27-15-13-19)20-7-10-23(11-8-20)31-17-22-9-6-21-4-2-3-5-25(21)28-22/h2-16H,17H2,1H3/b24-16-. The average Bonchev–Trinajstić information content (AvgIpc) is 3.28. The van der Waals surface area contributed by atoms with Gasteiger partial charge in [0.1, 0.15) is 12.4 Å². The zero-order valence-electron chi connectivity index (χ0n) is 17.5. The van der Waals surface area contributed by atoms with Gasteiger partial charge in [0.25, 0.3) is 0 Å². The summed E-state index contributed by atoms with van der Waals surface area (Å²) in [5, 5.41) is 9.29. The number of aromatic nitrogens is 4. The Morgan fingerprint density at radius 3 is 2.50 bits per heavy atom. The van der Waals surface area contributed by atoms with Crippen molar-refractivity contribution < 1.29 is 9.15 Å². The van der Waals surface area contributed by atoms with Crippen LogP contribution in [0.2, 0.25) is 0 Å². The average molecular weight is 420 g/mol. The lowest BCUT2D eigenvalue weighted by atomic mass is 10.0. The molecule has 6 nitrogen and oxygen atoms in total. The van der Waals surface area contributed by atoms with Crippen molar-refractivity contribution in [3.8, 4) is 5.75 Å². The molecule has 0 aliphatic carbocycles. The number of hydrogen-bond donors (Lipinski definition) is 0. The van der Waals surface area contributed by atoms with E-state index in [4.69, 9.17) is 9.15 Å². The molecule has 0 saturated carbocycles. The zero-order valence-corrected chi connectivity index (χ0v) is 17.5. The first-order valence-electron chi connectivity index (χ1n) is 10.2. The van der Waals surface area contributed by atoms with E-state index >= 15 is 0 Å². The summed E-state index contributed by atoms with van der Waals surface area (Å²) in [6, 6.07) is 23.8. The molecule has 0 radical (unpaired) electrons. The first-order chi connectivity index (χ1) is 15.7. The molecule has 5 aromatic rings. The van der Waals surface area contributed by atoms with E-state index in [9.17, 15) is 0 Å². The lowest BCUT2D eigenvalue weighted by molar-refractivity contribution is 0.302. The van der Waals surface area contributed by atoms with Crippen LogP contribution in [0.3, 0.4) is 0 Å². The van der Waals surface area contributed by atoms with Gasteiger partial charge in [0.15, 0.2) is 0 Å². The minimum absolute atomic E-state index is 0.396. The van der Waals surface area contributed by atoms with Gasteiger partial charge < -0.3 is 9.15 Å². The van der Waals surface area contributed by atoms with E-state index in [2.05, 4.69) is 26.2 Å². The molecule has 6 heteroatoms. The molecule has 0 aliphatic heterocycles. The summed E-state index contributed by atoms with van der Waals surface area (Å²) in [4.78, 5) is 8.73. The molecule has 0 atom stereocenters. The molecule has 0 N–H and O–H groups in total. The van der Waals surface area contributed by atoms with Crippen molar-refractivity contribution in [2.24, 2.45) is 0 Å². The van der Waals surface area contributed by atoms with Crippen LogP contribution in [0.4, 0.5) is 0 Å². The van der Waals surface area contributed by atoms with E-state index in [0.29, 0.717) is 18.4 Å². The molecular formula is C26H20N4O2. The third-order valence-electron chi connectivity index (χ3n) is 4.98. The molecule has 3 heterocycles. The fourth-order valence-electron chi connectivity index (χ4n) is 3.38. The van der Waals surface area contributed by atoms with E-state index < -0.39 is 0 Å². The summed E-state index contributed by atoms with van der Waals surface area (Å²) >= 11 is 0. The van der Waals surface area contributed by atoms with Gasteiger partial charge in [0.05, 0.1) is 11.2 Å². The highest BCUT2D eigenvalue weighted by atomic mass is 16.5. The maximum Gasteiger partial charge on any atom is 0.248 e. The van der Waals surface area contributed by atoms with E-state index in [1.54, 1.807) is 19.3 Å². The summed E-state index contributed by atoms with van der Waals surface area (Å²) in [7, 11) is 0. The van der Waals surface area contributed by atoms with Gasteiger partial charge in [-0.05, 0) is 53.6 Å². The van der Waals surface area contributed by atoms with Gasteiger partial charge in [-0.15, -0.1) is 10.2 Å². The number of aryl methyl sites for hydroxylation is 1. The second-order valence-corrected chi connectivity index (χ2v) is 7.27. The van der Waals surface area contributed by atoms with Crippen molar-refractivity contribution in [3.05, 3.63) is 114 Å². The molecule has 3 aromatic heterocycles. The third-order valence-corrected chi connectivity index (χ3v) is 4.98. The van der Waals surface area contributed by atoms with E-state index in [1.807, 2.05) is 72.8 Å². The van der Waals surface area contributed by atoms with Gasteiger partial charge >= 0.3 is 0 Å². The number of fused-ring (bicyclic) bond motifs is 1. The highest BCUT2D eigenvalue weighted by Gasteiger charge is 2.13. The van der Waals surface area contributed by atoms with Crippen LogP contribution in [0.15, 0.2) is 89.6 Å². The Kier molecular flexibility index (Phi) is 5.41. The number of ether oxygens (including phenoxy) is 1. The molecule has 0 amide bonds. The van der Waals surface area contributed by atoms with Crippen LogP contribution in [-0.2, 0) is 6.61 Å². The first-order valence-corrected chi connectivity index (χ1v) is 10.2. The number of para-hydroxylation sites is 1. The molecule has 0 spiro atoms. The van der Waals surface area contributed by atoms with Crippen molar-refractivity contribution in [3.63, 3.8) is 0 Å². The fourth-order valence-corrected chi connectivity index (χ4v) is 3.38. The Labute approximate surface area is 185 Å². The molecule has 0 fully saturated rings. The fraction of sp³-hybridized carbons (Fsp3) is 0.0769. The van der Waals surface area contributed by atoms with Crippen LogP contribution < -0.4 is 4.74 Å². The second-order valence-electron chi connectivity index (χ2n) is 7.27. The van der Waals surface area contributed by atoms with Gasteiger partial charge in [0.2, 0.25) is 11.8 Å². The van der Waals surface area contributed by atoms with Gasteiger partial charge in [-0.25, -0.2) is 4.98 Å². The lowest BCUT2D eigenvalue weighted by Gasteiger charge is -2.09. The molecule has 32 heavy (non-hydrogen) atoms. The van der Waals surface area contributed by atoms with E-state index in [1.165, 1.54) is 0 Å². The Morgan fingerprint density at radius 1 is 0.906 bits per heavy atom. The van der Waals surface area contributed by atoms with Gasteiger partial charge in [-0.2, -0.15) is 0 Å². The molecule has 0 aliphatic rings. The van der Waals surface area contributed by atoms with Crippen molar-refractivity contribution >= 4 is 22.6 Å². The van der Waals surface area contributed by atoms with E-state index in [0.717, 1.165) is 39.0 Å². The lowest BCUT2D eigenvalue weighted by Crippen LogP contribution is -1.98. The smallest absolute Gasteiger partial charge is 0.248 e. The van der Waals surface area contributed by atoms with Crippen LogP contribution in [-0.4, -0.2) is 20.2 Å². The Bertz CT molecular complexity index is 1380. The van der Waals surface area contributed by atoms with Gasteiger partial charge in [0, 0.05) is 30.3 Å². The summed E-state index contributed by atoms with van der Waals surface area (Å²) in [6.45, 7) is 2.17. The Hall–Kier alpha value is -4.32. The zero-order chi connectivity index (χ0) is 21.8. The minimum atomic E-state index is 0.396. The Morgan fingerprint density at radius 2 is 1.72 bits per heavy atom. The first kappa shape index (κ1) is 19.6. The number of rotatable bonds is 6. The third kappa shape index (κ3) is 4.39. The van der Waals surface area contributed by atoms with Crippen molar-refractivity contribution in [1.82, 2.24) is 20.2 Å². The van der Waals surface area contributed by atoms with Gasteiger partial charge in [-0.3, -0.25) is 4.98 Å². The topological polar surface area (TPSA) is 73.9 Å². The predicted octanol–water partition coefficient (Wildman–Crippen LogP) is 5.49. The van der Waals surface area contributed by atoms with Crippen LogP contribution in [0, 0.1) is 6.92 Å². The molecule has 5 rings (SSSR count). The number of hydrogen-bond acceptors (Lipinski definition) is 6. The molecule has 0 bridgehead atoms. The second kappa shape index (κ2) is 8.81. The van der Waals surface area contributed by atoms with Crippen LogP contribution in [0.1, 0.15) is 28.6 Å². The molecule has 2 aromatic carbocycles. The highest BCUT2D eigenvalue weighted by molar-refractivity contribution is 5.88. The summed E-state index contributed by atoms with van der Waals surface area (Å²) in [6.07, 6.45) is 5.50. The molecule has 156 valence electrons. The van der Waals surface area contributed by atoms with E-state index in [-0.39, 0.29) is 0 Å². The number of nitrogens with zero attached hydrogens (tertiary/aromatic N) is 4.